The quantitative estimate of drug-likeness (QED) is 0.799. The van der Waals surface area contributed by atoms with Crippen LogP contribution in [0.15, 0.2) is 24.3 Å². The molecule has 1 amide bonds. The van der Waals surface area contributed by atoms with Crippen molar-refractivity contribution >= 4 is 21.6 Å². The average molecular weight is 434 g/mol. The van der Waals surface area contributed by atoms with Gasteiger partial charge >= 0.3 is 0 Å². The van der Waals surface area contributed by atoms with E-state index in [9.17, 15) is 13.2 Å². The minimum atomic E-state index is -3.08. The number of ether oxygens (including phenoxy) is 2. The van der Waals surface area contributed by atoms with Gasteiger partial charge in [0.1, 0.15) is 5.82 Å². The number of fused-ring (bicyclic) bond motifs is 1. The van der Waals surface area contributed by atoms with Crippen molar-refractivity contribution in [2.24, 2.45) is 0 Å². The third kappa shape index (κ3) is 4.30. The van der Waals surface area contributed by atoms with Crippen LogP contribution in [0.1, 0.15) is 55.7 Å². The fourth-order valence-corrected chi connectivity index (χ4v) is 5.29. The Morgan fingerprint density at radius 1 is 1.17 bits per heavy atom. The van der Waals surface area contributed by atoms with Crippen LogP contribution in [0.5, 0.6) is 11.5 Å². The van der Waals surface area contributed by atoms with Crippen LogP contribution in [0.2, 0.25) is 0 Å². The molecule has 0 radical (unpaired) electrons. The van der Waals surface area contributed by atoms with Gasteiger partial charge in [-0.15, -0.1) is 0 Å². The van der Waals surface area contributed by atoms with E-state index in [0.29, 0.717) is 42.5 Å². The van der Waals surface area contributed by atoms with E-state index in [-0.39, 0.29) is 28.9 Å². The molecule has 1 aromatic heterocycles. The van der Waals surface area contributed by atoms with Gasteiger partial charge < -0.3 is 14.8 Å². The summed E-state index contributed by atoms with van der Waals surface area (Å²) in [6, 6.07) is 6.63. The second-order valence-electron chi connectivity index (χ2n) is 8.83. The van der Waals surface area contributed by atoms with Crippen molar-refractivity contribution in [2.45, 2.75) is 45.1 Å². The summed E-state index contributed by atoms with van der Waals surface area (Å²) >= 11 is 0. The lowest BCUT2D eigenvalue weighted by Gasteiger charge is -2.16. The molecule has 0 saturated carbocycles. The lowest BCUT2D eigenvalue weighted by molar-refractivity contribution is 0.102. The summed E-state index contributed by atoms with van der Waals surface area (Å²) in [5.74, 6) is 1.53. The molecule has 1 fully saturated rings. The molecule has 2 aliphatic heterocycles. The minimum Gasteiger partial charge on any atom is -0.490 e. The SMILES string of the molecule is CC(C)(C)c1cc(NC(=O)c2ccc3c(c2)OCCCO3)n([C@@H]2CCS(=O)(=O)C2)n1. The standard InChI is InChI=1S/C21H27N3O5S/c1-21(2,3)18-12-19(24(23-18)15-7-10-30(26,27)13-15)22-20(25)14-5-6-16-17(11-14)29-9-4-8-28-16/h5-6,11-12,15H,4,7-10,13H2,1-3H3,(H,22,25)/t15-/m1/s1. The molecule has 8 nitrogen and oxygen atoms in total. The van der Waals surface area contributed by atoms with E-state index in [4.69, 9.17) is 9.47 Å². The fourth-order valence-electron chi connectivity index (χ4n) is 3.59. The molecule has 1 N–H and O–H groups in total. The Balaban J connectivity index is 1.63. The minimum absolute atomic E-state index is 0.0329. The van der Waals surface area contributed by atoms with Crippen LogP contribution in [-0.4, -0.2) is 48.8 Å². The number of carbonyl (C=O) groups is 1. The van der Waals surface area contributed by atoms with Gasteiger partial charge in [-0.1, -0.05) is 20.8 Å². The van der Waals surface area contributed by atoms with Crippen molar-refractivity contribution in [3.8, 4) is 11.5 Å². The lowest BCUT2D eigenvalue weighted by atomic mass is 9.92. The van der Waals surface area contributed by atoms with Gasteiger partial charge in [0, 0.05) is 23.5 Å². The number of benzene rings is 1. The zero-order valence-corrected chi connectivity index (χ0v) is 18.3. The van der Waals surface area contributed by atoms with Crippen LogP contribution < -0.4 is 14.8 Å². The number of anilines is 1. The first-order valence-electron chi connectivity index (χ1n) is 10.1. The largest absolute Gasteiger partial charge is 0.490 e. The van der Waals surface area contributed by atoms with Crippen LogP contribution in [0.3, 0.4) is 0 Å². The maximum Gasteiger partial charge on any atom is 0.256 e. The smallest absolute Gasteiger partial charge is 0.256 e. The average Bonchev–Trinajstić information content (AvgIpc) is 3.16. The normalized spacial score (nSPS) is 20.6. The number of rotatable bonds is 3. The monoisotopic (exact) mass is 433 g/mol. The molecule has 1 saturated heterocycles. The van der Waals surface area contributed by atoms with Crippen molar-refractivity contribution < 1.29 is 22.7 Å². The molecule has 0 bridgehead atoms. The highest BCUT2D eigenvalue weighted by molar-refractivity contribution is 7.91. The Kier molecular flexibility index (Phi) is 5.25. The predicted octanol–water partition coefficient (Wildman–Crippen LogP) is 2.95. The highest BCUT2D eigenvalue weighted by atomic mass is 32.2. The van der Waals surface area contributed by atoms with E-state index in [2.05, 4.69) is 10.4 Å². The molecule has 0 aliphatic carbocycles. The summed E-state index contributed by atoms with van der Waals surface area (Å²) in [4.78, 5) is 13.0. The van der Waals surface area contributed by atoms with E-state index in [1.807, 2.05) is 26.8 Å². The zero-order valence-electron chi connectivity index (χ0n) is 17.5. The Bertz CT molecular complexity index is 1070. The number of carbonyl (C=O) groups excluding carboxylic acids is 1. The predicted molar refractivity (Wildman–Crippen MR) is 113 cm³/mol. The fraction of sp³-hybridized carbons (Fsp3) is 0.524. The summed E-state index contributed by atoms with van der Waals surface area (Å²) < 4.78 is 36.9. The third-order valence-electron chi connectivity index (χ3n) is 5.31. The van der Waals surface area contributed by atoms with Crippen LogP contribution in [-0.2, 0) is 15.3 Å². The number of amides is 1. The molecule has 9 heteroatoms. The van der Waals surface area contributed by atoms with E-state index in [1.54, 1.807) is 22.9 Å². The van der Waals surface area contributed by atoms with Crippen LogP contribution in [0, 0.1) is 0 Å². The highest BCUT2D eigenvalue weighted by Crippen LogP contribution is 2.33. The summed E-state index contributed by atoms with van der Waals surface area (Å²) in [5, 5.41) is 7.57. The summed E-state index contributed by atoms with van der Waals surface area (Å²) in [5.41, 5.74) is 0.987. The number of hydrogen-bond donors (Lipinski definition) is 1. The molecule has 162 valence electrons. The maximum absolute atomic E-state index is 13.0. The van der Waals surface area contributed by atoms with E-state index in [0.717, 1.165) is 12.1 Å². The third-order valence-corrected chi connectivity index (χ3v) is 7.06. The Morgan fingerprint density at radius 2 is 1.90 bits per heavy atom. The number of sulfone groups is 1. The molecule has 2 aromatic rings. The lowest BCUT2D eigenvalue weighted by Crippen LogP contribution is -2.20. The van der Waals surface area contributed by atoms with E-state index < -0.39 is 9.84 Å². The number of aromatic nitrogens is 2. The van der Waals surface area contributed by atoms with Gasteiger partial charge in [-0.05, 0) is 24.6 Å². The maximum atomic E-state index is 13.0. The van der Waals surface area contributed by atoms with Crippen molar-refractivity contribution in [2.75, 3.05) is 30.0 Å². The first-order valence-corrected chi connectivity index (χ1v) is 12.0. The molecular weight excluding hydrogens is 406 g/mol. The second kappa shape index (κ2) is 7.61. The van der Waals surface area contributed by atoms with Gasteiger partial charge in [-0.2, -0.15) is 5.10 Å². The van der Waals surface area contributed by atoms with Crippen molar-refractivity contribution in [3.63, 3.8) is 0 Å². The van der Waals surface area contributed by atoms with Crippen molar-refractivity contribution in [3.05, 3.63) is 35.5 Å². The van der Waals surface area contributed by atoms with Gasteiger partial charge in [0.25, 0.3) is 5.91 Å². The van der Waals surface area contributed by atoms with Crippen LogP contribution in [0.4, 0.5) is 5.82 Å². The van der Waals surface area contributed by atoms with E-state index in [1.165, 1.54) is 0 Å². The van der Waals surface area contributed by atoms with Gasteiger partial charge in [-0.3, -0.25) is 4.79 Å². The molecule has 0 unspecified atom stereocenters. The summed E-state index contributed by atoms with van der Waals surface area (Å²) in [6.07, 6.45) is 1.27. The molecule has 30 heavy (non-hydrogen) atoms. The second-order valence-corrected chi connectivity index (χ2v) is 11.1. The Hall–Kier alpha value is -2.55. The highest BCUT2D eigenvalue weighted by Gasteiger charge is 2.33. The molecule has 3 heterocycles. The van der Waals surface area contributed by atoms with Crippen molar-refractivity contribution in [1.82, 2.24) is 9.78 Å². The van der Waals surface area contributed by atoms with Crippen molar-refractivity contribution in [1.29, 1.82) is 0 Å². The Morgan fingerprint density at radius 3 is 2.57 bits per heavy atom. The number of hydrogen-bond acceptors (Lipinski definition) is 6. The number of nitrogens with zero attached hydrogens (tertiary/aromatic N) is 2. The molecular formula is C21H27N3O5S. The summed E-state index contributed by atoms with van der Waals surface area (Å²) in [7, 11) is -3.08. The molecule has 1 atom stereocenters. The molecule has 0 spiro atoms. The summed E-state index contributed by atoms with van der Waals surface area (Å²) in [6.45, 7) is 7.20. The van der Waals surface area contributed by atoms with Gasteiger partial charge in [-0.25, -0.2) is 13.1 Å². The number of nitrogens with one attached hydrogen (secondary N) is 1. The zero-order chi connectivity index (χ0) is 21.5. The molecule has 4 rings (SSSR count). The molecule has 1 aromatic carbocycles. The van der Waals surface area contributed by atoms with Gasteiger partial charge in [0.2, 0.25) is 0 Å². The first kappa shape index (κ1) is 20.7. The van der Waals surface area contributed by atoms with Gasteiger partial charge in [0.15, 0.2) is 21.3 Å². The van der Waals surface area contributed by atoms with Gasteiger partial charge in [0.05, 0.1) is 36.5 Å². The van der Waals surface area contributed by atoms with Crippen LogP contribution >= 0.6 is 0 Å². The molecule has 2 aliphatic rings. The first-order chi connectivity index (χ1) is 14.1. The topological polar surface area (TPSA) is 99.5 Å². The van der Waals surface area contributed by atoms with Crippen LogP contribution in [0.25, 0.3) is 0 Å². The Labute approximate surface area is 176 Å². The van der Waals surface area contributed by atoms with E-state index >= 15 is 0 Å².